The van der Waals surface area contributed by atoms with Gasteiger partial charge >= 0.3 is 5.97 Å². The second-order valence-corrected chi connectivity index (χ2v) is 4.21. The molecule has 0 saturated heterocycles. The van der Waals surface area contributed by atoms with Crippen molar-refractivity contribution in [2.45, 2.75) is 26.7 Å². The van der Waals surface area contributed by atoms with Crippen molar-refractivity contribution in [3.8, 4) is 0 Å². The fourth-order valence-corrected chi connectivity index (χ4v) is 1.43. The third-order valence-corrected chi connectivity index (χ3v) is 2.45. The molecular formula is C11H18N2O4S. The molecule has 7 heteroatoms. The molecular weight excluding hydrogens is 256 g/mol. The standard InChI is InChI=1S/C11H18N2O4S/c1-4-5-6-12-8-10(13(15)16)7-11(18-3)17-9(2)14/h7-8,12H,4-6H2,1-3H3/b10-8-,11-7-. The van der Waals surface area contributed by atoms with Crippen LogP contribution in [0.2, 0.25) is 0 Å². The first-order valence-electron chi connectivity index (χ1n) is 5.53. The summed E-state index contributed by atoms with van der Waals surface area (Å²) in [5.74, 6) is -0.503. The second kappa shape index (κ2) is 9.52. The lowest BCUT2D eigenvalue weighted by molar-refractivity contribution is -0.419. The first-order valence-corrected chi connectivity index (χ1v) is 6.75. The Balaban J connectivity index is 4.71. The molecule has 0 aliphatic heterocycles. The third-order valence-electron chi connectivity index (χ3n) is 1.85. The summed E-state index contributed by atoms with van der Waals surface area (Å²) in [5.41, 5.74) is -0.142. The Morgan fingerprint density at radius 2 is 2.22 bits per heavy atom. The van der Waals surface area contributed by atoms with Crippen LogP contribution < -0.4 is 5.32 Å². The van der Waals surface area contributed by atoms with Gasteiger partial charge in [0.15, 0.2) is 5.09 Å². The van der Waals surface area contributed by atoms with Gasteiger partial charge in [0.05, 0.1) is 17.2 Å². The van der Waals surface area contributed by atoms with Crippen LogP contribution >= 0.6 is 11.8 Å². The number of allylic oxidation sites excluding steroid dienone is 1. The van der Waals surface area contributed by atoms with E-state index in [1.165, 1.54) is 19.2 Å². The SMILES string of the molecule is CCCCN/C=C(/C=C(/OC(C)=O)SC)[N+](=O)[O-]. The molecule has 0 aromatic heterocycles. The maximum atomic E-state index is 10.8. The molecule has 0 unspecified atom stereocenters. The molecule has 102 valence electrons. The molecule has 0 aliphatic carbocycles. The van der Waals surface area contributed by atoms with Gasteiger partial charge in [0.25, 0.3) is 5.70 Å². The van der Waals surface area contributed by atoms with Crippen molar-refractivity contribution in [3.05, 3.63) is 33.2 Å². The number of carbonyl (C=O) groups excluding carboxylic acids is 1. The van der Waals surface area contributed by atoms with E-state index >= 15 is 0 Å². The van der Waals surface area contributed by atoms with E-state index in [-0.39, 0.29) is 10.8 Å². The normalized spacial score (nSPS) is 12.2. The van der Waals surface area contributed by atoms with Gasteiger partial charge in [-0.05, 0) is 12.7 Å². The van der Waals surface area contributed by atoms with E-state index in [4.69, 9.17) is 4.74 Å². The quantitative estimate of drug-likeness (QED) is 0.183. The third kappa shape index (κ3) is 7.72. The van der Waals surface area contributed by atoms with Crippen molar-refractivity contribution >= 4 is 17.7 Å². The molecule has 0 heterocycles. The molecule has 0 fully saturated rings. The lowest BCUT2D eigenvalue weighted by Crippen LogP contribution is -2.10. The minimum absolute atomic E-state index is 0.142. The second-order valence-electron chi connectivity index (χ2n) is 3.40. The summed E-state index contributed by atoms with van der Waals surface area (Å²) >= 11 is 1.13. The maximum absolute atomic E-state index is 10.8. The van der Waals surface area contributed by atoms with Gasteiger partial charge in [0.2, 0.25) is 0 Å². The number of ether oxygens (including phenoxy) is 1. The lowest BCUT2D eigenvalue weighted by Gasteiger charge is -2.02. The average Bonchev–Trinajstić information content (AvgIpc) is 2.30. The number of carbonyl (C=O) groups is 1. The highest BCUT2D eigenvalue weighted by Crippen LogP contribution is 2.16. The summed E-state index contributed by atoms with van der Waals surface area (Å²) in [7, 11) is 0. The number of rotatable bonds is 8. The summed E-state index contributed by atoms with van der Waals surface area (Å²) in [6, 6.07) is 0. The molecule has 6 nitrogen and oxygen atoms in total. The van der Waals surface area contributed by atoms with Crippen molar-refractivity contribution in [2.24, 2.45) is 0 Å². The van der Waals surface area contributed by atoms with Crippen LogP contribution in [0, 0.1) is 10.1 Å². The number of hydrogen-bond acceptors (Lipinski definition) is 6. The fourth-order valence-electron chi connectivity index (χ4n) is 0.995. The van der Waals surface area contributed by atoms with Crippen LogP contribution in [0.25, 0.3) is 0 Å². The molecule has 0 rings (SSSR count). The van der Waals surface area contributed by atoms with Gasteiger partial charge in [-0.15, -0.1) is 0 Å². The predicted octanol–water partition coefficient (Wildman–Crippen LogP) is 2.26. The first kappa shape index (κ1) is 16.5. The van der Waals surface area contributed by atoms with Crippen LogP contribution in [-0.4, -0.2) is 23.7 Å². The molecule has 0 aromatic carbocycles. The molecule has 0 amide bonds. The topological polar surface area (TPSA) is 81.5 Å². The van der Waals surface area contributed by atoms with E-state index in [0.29, 0.717) is 6.54 Å². The number of nitrogens with zero attached hydrogens (tertiary/aromatic N) is 1. The Morgan fingerprint density at radius 1 is 1.56 bits per heavy atom. The molecule has 0 atom stereocenters. The van der Waals surface area contributed by atoms with E-state index in [0.717, 1.165) is 24.6 Å². The van der Waals surface area contributed by atoms with Crippen molar-refractivity contribution in [3.63, 3.8) is 0 Å². The molecule has 1 N–H and O–H groups in total. The van der Waals surface area contributed by atoms with Gasteiger partial charge in [-0.25, -0.2) is 0 Å². The van der Waals surface area contributed by atoms with Crippen LogP contribution in [-0.2, 0) is 9.53 Å². The molecule has 0 radical (unpaired) electrons. The molecule has 0 aliphatic rings. The van der Waals surface area contributed by atoms with E-state index in [2.05, 4.69) is 5.32 Å². The first-order chi connectivity index (χ1) is 8.51. The molecule has 0 spiro atoms. The van der Waals surface area contributed by atoms with Crippen LogP contribution in [0.4, 0.5) is 0 Å². The van der Waals surface area contributed by atoms with Crippen molar-refractivity contribution < 1.29 is 14.5 Å². The van der Waals surface area contributed by atoms with E-state index < -0.39 is 10.9 Å². The molecule has 0 saturated carbocycles. The van der Waals surface area contributed by atoms with Gasteiger partial charge < -0.3 is 10.1 Å². The number of nitro groups is 1. The average molecular weight is 274 g/mol. The Bertz CT molecular complexity index is 353. The maximum Gasteiger partial charge on any atom is 0.308 e. The number of thioether (sulfide) groups is 1. The van der Waals surface area contributed by atoms with Gasteiger partial charge in [-0.3, -0.25) is 14.9 Å². The predicted molar refractivity (Wildman–Crippen MR) is 71.4 cm³/mol. The number of hydrogen-bond donors (Lipinski definition) is 1. The molecule has 0 bridgehead atoms. The van der Waals surface area contributed by atoms with Crippen molar-refractivity contribution in [1.29, 1.82) is 0 Å². The van der Waals surface area contributed by atoms with Crippen molar-refractivity contribution in [2.75, 3.05) is 12.8 Å². The Hall–Kier alpha value is -1.50. The Morgan fingerprint density at radius 3 is 2.67 bits per heavy atom. The van der Waals surface area contributed by atoms with E-state index in [9.17, 15) is 14.9 Å². The van der Waals surface area contributed by atoms with Crippen molar-refractivity contribution in [1.82, 2.24) is 5.32 Å². The minimum Gasteiger partial charge on any atom is -0.419 e. The summed E-state index contributed by atoms with van der Waals surface area (Å²) < 4.78 is 4.82. The van der Waals surface area contributed by atoms with Gasteiger partial charge in [-0.2, -0.15) is 0 Å². The monoisotopic (exact) mass is 274 g/mol. The van der Waals surface area contributed by atoms with Gasteiger partial charge in [0, 0.05) is 13.5 Å². The highest BCUT2D eigenvalue weighted by atomic mass is 32.2. The Labute approximate surface area is 111 Å². The van der Waals surface area contributed by atoms with Gasteiger partial charge in [-0.1, -0.05) is 25.1 Å². The zero-order chi connectivity index (χ0) is 14.0. The number of unbranched alkanes of at least 4 members (excludes halogenated alkanes) is 1. The zero-order valence-electron chi connectivity index (χ0n) is 10.8. The lowest BCUT2D eigenvalue weighted by atomic mass is 10.3. The van der Waals surface area contributed by atoms with Gasteiger partial charge in [0.1, 0.15) is 0 Å². The summed E-state index contributed by atoms with van der Waals surface area (Å²) in [6.07, 6.45) is 6.16. The molecule has 18 heavy (non-hydrogen) atoms. The summed E-state index contributed by atoms with van der Waals surface area (Å²) in [6.45, 7) is 3.95. The summed E-state index contributed by atoms with van der Waals surface area (Å²) in [5, 5.41) is 13.9. The highest BCUT2D eigenvalue weighted by molar-refractivity contribution is 8.02. The summed E-state index contributed by atoms with van der Waals surface area (Å²) in [4.78, 5) is 21.1. The molecule has 0 aromatic rings. The largest absolute Gasteiger partial charge is 0.419 e. The highest BCUT2D eigenvalue weighted by Gasteiger charge is 2.11. The number of esters is 1. The van der Waals surface area contributed by atoms with Crippen LogP contribution in [0.15, 0.2) is 23.1 Å². The van der Waals surface area contributed by atoms with Crippen LogP contribution in [0.1, 0.15) is 26.7 Å². The van der Waals surface area contributed by atoms with Crippen LogP contribution in [0.3, 0.4) is 0 Å². The van der Waals surface area contributed by atoms with E-state index in [1.807, 2.05) is 6.92 Å². The minimum atomic E-state index is -0.529. The van der Waals surface area contributed by atoms with Crippen LogP contribution in [0.5, 0.6) is 0 Å². The Kier molecular flexibility index (Phi) is 8.73. The fraction of sp³-hybridized carbons (Fsp3) is 0.545. The zero-order valence-corrected chi connectivity index (χ0v) is 11.6. The number of nitrogens with one attached hydrogen (secondary N) is 1. The smallest absolute Gasteiger partial charge is 0.308 e. The van der Waals surface area contributed by atoms with E-state index in [1.54, 1.807) is 6.26 Å².